The lowest BCUT2D eigenvalue weighted by atomic mass is 10.1. The summed E-state index contributed by atoms with van der Waals surface area (Å²) in [7, 11) is 0. The maximum Gasteiger partial charge on any atom is 0.186 e. The highest BCUT2D eigenvalue weighted by atomic mass is 15.1. The van der Waals surface area contributed by atoms with Gasteiger partial charge in [-0.2, -0.15) is 5.26 Å². The number of aromatic nitrogens is 2. The number of aryl methyl sites for hydroxylation is 2. The van der Waals surface area contributed by atoms with Crippen LogP contribution in [0.5, 0.6) is 0 Å². The summed E-state index contributed by atoms with van der Waals surface area (Å²) >= 11 is 0. The zero-order chi connectivity index (χ0) is 15.5. The molecule has 1 heterocycles. The fourth-order valence-corrected chi connectivity index (χ4v) is 2.49. The van der Waals surface area contributed by atoms with Crippen molar-refractivity contribution >= 4 is 16.6 Å². The van der Waals surface area contributed by atoms with Gasteiger partial charge in [0.2, 0.25) is 0 Å². The lowest BCUT2D eigenvalue weighted by Crippen LogP contribution is -2.05. The molecule has 0 saturated heterocycles. The highest BCUT2D eigenvalue weighted by molar-refractivity contribution is 5.93. The summed E-state index contributed by atoms with van der Waals surface area (Å²) in [6.07, 6.45) is 0. The van der Waals surface area contributed by atoms with Crippen molar-refractivity contribution < 1.29 is 0 Å². The highest BCUT2D eigenvalue weighted by Crippen LogP contribution is 2.25. The third kappa shape index (κ3) is 2.75. The number of rotatable bonds is 3. The molecule has 0 unspecified atom stereocenters. The molecule has 3 aromatic rings. The molecule has 0 spiro atoms. The van der Waals surface area contributed by atoms with Crippen LogP contribution in [0.25, 0.3) is 10.9 Å². The van der Waals surface area contributed by atoms with Crippen LogP contribution >= 0.6 is 0 Å². The number of fused-ring (bicyclic) bond motifs is 1. The van der Waals surface area contributed by atoms with Crippen LogP contribution in [0.2, 0.25) is 0 Å². The molecule has 0 amide bonds. The van der Waals surface area contributed by atoms with Gasteiger partial charge in [0, 0.05) is 11.9 Å². The van der Waals surface area contributed by atoms with E-state index in [1.165, 1.54) is 11.1 Å². The summed E-state index contributed by atoms with van der Waals surface area (Å²) in [5.74, 6) is 0. The van der Waals surface area contributed by atoms with Crippen LogP contribution in [-0.2, 0) is 6.54 Å². The molecule has 1 aromatic heterocycles. The van der Waals surface area contributed by atoms with Crippen molar-refractivity contribution in [3.63, 3.8) is 0 Å². The fraction of sp³-hybridized carbons (Fsp3) is 0.167. The normalized spacial score (nSPS) is 10.4. The number of nitriles is 1. The van der Waals surface area contributed by atoms with Gasteiger partial charge in [-0.1, -0.05) is 41.5 Å². The predicted molar refractivity (Wildman–Crippen MR) is 87.5 cm³/mol. The third-order valence-electron chi connectivity index (χ3n) is 3.57. The zero-order valence-corrected chi connectivity index (χ0v) is 12.6. The number of nitrogens with zero attached hydrogens (tertiary/aromatic N) is 3. The van der Waals surface area contributed by atoms with E-state index >= 15 is 0 Å². The van der Waals surface area contributed by atoms with Crippen molar-refractivity contribution in [2.45, 2.75) is 20.4 Å². The van der Waals surface area contributed by atoms with Crippen LogP contribution < -0.4 is 5.32 Å². The first-order valence-electron chi connectivity index (χ1n) is 7.14. The van der Waals surface area contributed by atoms with Gasteiger partial charge >= 0.3 is 0 Å². The second-order valence-electron chi connectivity index (χ2n) is 5.40. The molecule has 4 heteroatoms. The van der Waals surface area contributed by atoms with Crippen molar-refractivity contribution in [1.29, 1.82) is 5.26 Å². The molecule has 4 nitrogen and oxygen atoms in total. The van der Waals surface area contributed by atoms with Gasteiger partial charge < -0.3 is 5.32 Å². The Labute approximate surface area is 129 Å². The van der Waals surface area contributed by atoms with E-state index in [1.54, 1.807) is 0 Å². The number of nitrogens with one attached hydrogen (secondary N) is 1. The molecule has 0 fully saturated rings. The Morgan fingerprint density at radius 1 is 1.05 bits per heavy atom. The fourth-order valence-electron chi connectivity index (χ4n) is 2.49. The quantitative estimate of drug-likeness (QED) is 0.797. The molecule has 0 aliphatic carbocycles. The molecule has 0 atom stereocenters. The van der Waals surface area contributed by atoms with Crippen LogP contribution in [0.3, 0.4) is 0 Å². The van der Waals surface area contributed by atoms with Crippen LogP contribution in [0.1, 0.15) is 22.4 Å². The average Bonchev–Trinajstić information content (AvgIpc) is 2.52. The van der Waals surface area contributed by atoms with E-state index in [-0.39, 0.29) is 0 Å². The van der Waals surface area contributed by atoms with Gasteiger partial charge in [0.05, 0.1) is 11.2 Å². The van der Waals surface area contributed by atoms with Gasteiger partial charge in [-0.05, 0) is 31.5 Å². The standard InChI is InChI=1S/C18H16N4/c1-12-4-3-5-14(8-12)11-20-18-15-9-13(2)6-7-16(15)21-22-17(18)10-19/h3-9H,11H2,1-2H3,(H,20,21). The monoisotopic (exact) mass is 288 g/mol. The Bertz CT molecular complexity index is 878. The van der Waals surface area contributed by atoms with Gasteiger partial charge in [0.15, 0.2) is 5.69 Å². The Morgan fingerprint density at radius 2 is 1.86 bits per heavy atom. The molecule has 2 aromatic carbocycles. The Morgan fingerprint density at radius 3 is 2.64 bits per heavy atom. The van der Waals surface area contributed by atoms with Crippen LogP contribution in [-0.4, -0.2) is 10.2 Å². The van der Waals surface area contributed by atoms with E-state index in [1.807, 2.05) is 31.2 Å². The summed E-state index contributed by atoms with van der Waals surface area (Å²) in [5.41, 5.74) is 5.37. The first-order chi connectivity index (χ1) is 10.7. The molecule has 0 radical (unpaired) electrons. The largest absolute Gasteiger partial charge is 0.378 e. The van der Waals surface area contributed by atoms with Crippen molar-refractivity contribution in [2.24, 2.45) is 0 Å². The third-order valence-corrected chi connectivity index (χ3v) is 3.57. The first kappa shape index (κ1) is 14.0. The molecule has 0 aliphatic rings. The SMILES string of the molecule is Cc1cccc(CNc2c(C#N)nnc3ccc(C)cc23)c1. The average molecular weight is 288 g/mol. The van der Waals surface area contributed by atoms with Gasteiger partial charge in [0.1, 0.15) is 6.07 Å². The summed E-state index contributed by atoms with van der Waals surface area (Å²) in [6, 6.07) is 16.4. The molecule has 3 rings (SSSR count). The second-order valence-corrected chi connectivity index (χ2v) is 5.40. The lowest BCUT2D eigenvalue weighted by Gasteiger charge is -2.11. The predicted octanol–water partition coefficient (Wildman–Crippen LogP) is 3.73. The number of hydrogen-bond donors (Lipinski definition) is 1. The summed E-state index contributed by atoms with van der Waals surface area (Å²) in [4.78, 5) is 0. The van der Waals surface area contributed by atoms with E-state index in [0.717, 1.165) is 22.2 Å². The van der Waals surface area contributed by atoms with Crippen LogP contribution in [0.15, 0.2) is 42.5 Å². The zero-order valence-electron chi connectivity index (χ0n) is 12.6. The molecule has 0 aliphatic heterocycles. The minimum atomic E-state index is 0.325. The van der Waals surface area contributed by atoms with Crippen LogP contribution in [0, 0.1) is 25.2 Å². The number of hydrogen-bond acceptors (Lipinski definition) is 4. The summed E-state index contributed by atoms with van der Waals surface area (Å²) in [5, 5.41) is 21.7. The molecule has 108 valence electrons. The second kappa shape index (κ2) is 5.82. The lowest BCUT2D eigenvalue weighted by molar-refractivity contribution is 1.04. The molecule has 22 heavy (non-hydrogen) atoms. The Balaban J connectivity index is 2.01. The minimum Gasteiger partial charge on any atom is -0.378 e. The van der Waals surface area contributed by atoms with Crippen molar-refractivity contribution in [1.82, 2.24) is 10.2 Å². The van der Waals surface area contributed by atoms with Crippen molar-refractivity contribution in [3.8, 4) is 6.07 Å². The Hall–Kier alpha value is -2.93. The molecule has 1 N–H and O–H groups in total. The maximum atomic E-state index is 9.30. The summed E-state index contributed by atoms with van der Waals surface area (Å²) < 4.78 is 0. The first-order valence-corrected chi connectivity index (χ1v) is 7.14. The molecular weight excluding hydrogens is 272 g/mol. The van der Waals surface area contributed by atoms with E-state index in [2.05, 4.69) is 46.7 Å². The smallest absolute Gasteiger partial charge is 0.186 e. The topological polar surface area (TPSA) is 61.6 Å². The van der Waals surface area contributed by atoms with E-state index < -0.39 is 0 Å². The molecular formula is C18H16N4. The van der Waals surface area contributed by atoms with Crippen LogP contribution in [0.4, 0.5) is 5.69 Å². The Kier molecular flexibility index (Phi) is 3.71. The summed E-state index contributed by atoms with van der Waals surface area (Å²) in [6.45, 7) is 4.73. The molecule has 0 saturated carbocycles. The van der Waals surface area contributed by atoms with Gasteiger partial charge in [-0.25, -0.2) is 0 Å². The number of anilines is 1. The van der Waals surface area contributed by atoms with Gasteiger partial charge in [-0.15, -0.1) is 10.2 Å². The van der Waals surface area contributed by atoms with Crippen molar-refractivity contribution in [2.75, 3.05) is 5.32 Å². The van der Waals surface area contributed by atoms with E-state index in [9.17, 15) is 5.26 Å². The van der Waals surface area contributed by atoms with Gasteiger partial charge in [0.25, 0.3) is 0 Å². The molecule has 0 bridgehead atoms. The van der Waals surface area contributed by atoms with Crippen molar-refractivity contribution in [3.05, 3.63) is 64.8 Å². The van der Waals surface area contributed by atoms with E-state index in [4.69, 9.17) is 0 Å². The highest BCUT2D eigenvalue weighted by Gasteiger charge is 2.10. The van der Waals surface area contributed by atoms with Gasteiger partial charge in [-0.3, -0.25) is 0 Å². The number of benzene rings is 2. The minimum absolute atomic E-state index is 0.325. The maximum absolute atomic E-state index is 9.30. The van der Waals surface area contributed by atoms with E-state index in [0.29, 0.717) is 12.2 Å².